The zero-order valence-corrected chi connectivity index (χ0v) is 14.4. The minimum absolute atomic E-state index is 0.00916. The van der Waals surface area contributed by atoms with Crippen LogP contribution >= 0.6 is 11.6 Å². The van der Waals surface area contributed by atoms with E-state index in [1.807, 2.05) is 43.3 Å². The molecule has 2 rings (SSSR count). The number of rotatable bonds is 7. The number of hydrogen-bond acceptors (Lipinski definition) is 2. The highest BCUT2D eigenvalue weighted by Crippen LogP contribution is 2.20. The van der Waals surface area contributed by atoms with E-state index in [0.717, 1.165) is 35.7 Å². The van der Waals surface area contributed by atoms with Gasteiger partial charge in [0.15, 0.2) is 0 Å². The van der Waals surface area contributed by atoms with Gasteiger partial charge in [-0.2, -0.15) is 0 Å². The number of benzene rings is 2. The summed E-state index contributed by atoms with van der Waals surface area (Å²) in [4.78, 5) is 12.1. The number of carbonyl (C=O) groups excluding carboxylic acids is 1. The molecule has 0 aromatic heterocycles. The van der Waals surface area contributed by atoms with Crippen LogP contribution in [0.3, 0.4) is 0 Å². The molecule has 0 aliphatic rings. The number of nitrogens with one attached hydrogen (secondary N) is 2. The van der Waals surface area contributed by atoms with Crippen LogP contribution in [-0.2, 0) is 17.6 Å². The number of anilines is 1. The quantitative estimate of drug-likeness (QED) is 0.754. The van der Waals surface area contributed by atoms with E-state index in [-0.39, 0.29) is 5.91 Å². The van der Waals surface area contributed by atoms with Crippen molar-refractivity contribution in [2.24, 2.45) is 0 Å². The third-order valence-corrected chi connectivity index (χ3v) is 4.05. The highest BCUT2D eigenvalue weighted by molar-refractivity contribution is 6.30. The Morgan fingerprint density at radius 1 is 1.13 bits per heavy atom. The fraction of sp³-hybridized carbons (Fsp3) is 0.316. The molecule has 23 heavy (non-hydrogen) atoms. The Balaban J connectivity index is 1.78. The summed E-state index contributed by atoms with van der Waals surface area (Å²) in [5.41, 5.74) is 4.41. The summed E-state index contributed by atoms with van der Waals surface area (Å²) in [6.07, 6.45) is 1.77. The molecule has 0 saturated carbocycles. The van der Waals surface area contributed by atoms with Gasteiger partial charge in [0.25, 0.3) is 0 Å². The topological polar surface area (TPSA) is 41.1 Å². The van der Waals surface area contributed by atoms with Gasteiger partial charge in [-0.3, -0.25) is 4.79 Å². The summed E-state index contributed by atoms with van der Waals surface area (Å²) in [6, 6.07) is 13.9. The van der Waals surface area contributed by atoms with Crippen molar-refractivity contribution >= 4 is 23.2 Å². The molecular weight excluding hydrogens is 308 g/mol. The van der Waals surface area contributed by atoms with Crippen molar-refractivity contribution in [2.45, 2.75) is 26.7 Å². The van der Waals surface area contributed by atoms with Gasteiger partial charge in [-0.05, 0) is 55.1 Å². The summed E-state index contributed by atoms with van der Waals surface area (Å²) in [6.45, 7) is 5.17. The summed E-state index contributed by atoms with van der Waals surface area (Å²) >= 11 is 5.86. The van der Waals surface area contributed by atoms with Crippen LogP contribution < -0.4 is 10.6 Å². The first-order valence-electron chi connectivity index (χ1n) is 7.93. The second-order valence-corrected chi connectivity index (χ2v) is 6.00. The molecule has 0 aliphatic heterocycles. The fourth-order valence-corrected chi connectivity index (χ4v) is 2.60. The second-order valence-electron chi connectivity index (χ2n) is 5.56. The molecule has 0 unspecified atom stereocenters. The monoisotopic (exact) mass is 330 g/mol. The standard InChI is InChI=1S/C19H23ClN2O/c1-3-16-6-4-5-14(2)19(16)22-18(23)13-21-12-11-15-7-9-17(20)10-8-15/h4-10,21H,3,11-13H2,1-2H3,(H,22,23). The summed E-state index contributed by atoms with van der Waals surface area (Å²) in [7, 11) is 0. The molecule has 0 spiro atoms. The highest BCUT2D eigenvalue weighted by atomic mass is 35.5. The first-order chi connectivity index (χ1) is 11.1. The van der Waals surface area contributed by atoms with Crippen LogP contribution in [0.2, 0.25) is 5.02 Å². The molecule has 2 N–H and O–H groups in total. The molecule has 0 radical (unpaired) electrons. The predicted octanol–water partition coefficient (Wildman–Crippen LogP) is 3.98. The number of carbonyl (C=O) groups is 1. The molecule has 0 fully saturated rings. The molecule has 2 aromatic carbocycles. The van der Waals surface area contributed by atoms with Gasteiger partial charge in [0.05, 0.1) is 6.54 Å². The van der Waals surface area contributed by atoms with Crippen LogP contribution in [0.15, 0.2) is 42.5 Å². The van der Waals surface area contributed by atoms with Gasteiger partial charge in [-0.25, -0.2) is 0 Å². The van der Waals surface area contributed by atoms with Crippen molar-refractivity contribution in [1.82, 2.24) is 5.32 Å². The van der Waals surface area contributed by atoms with E-state index in [1.165, 1.54) is 11.1 Å². The molecule has 2 aromatic rings. The van der Waals surface area contributed by atoms with Crippen LogP contribution in [0, 0.1) is 6.92 Å². The average molecular weight is 331 g/mol. The molecule has 0 saturated heterocycles. The van der Waals surface area contributed by atoms with Crippen molar-refractivity contribution in [1.29, 1.82) is 0 Å². The van der Waals surface area contributed by atoms with Crippen LogP contribution in [0.4, 0.5) is 5.69 Å². The van der Waals surface area contributed by atoms with Gasteiger partial charge in [0.2, 0.25) is 5.91 Å². The Bertz CT molecular complexity index is 653. The number of aryl methyl sites for hydroxylation is 2. The molecule has 0 aliphatic carbocycles. The normalized spacial score (nSPS) is 10.6. The molecule has 4 heteroatoms. The molecule has 1 amide bonds. The van der Waals surface area contributed by atoms with Gasteiger partial charge in [-0.15, -0.1) is 0 Å². The molecule has 0 bridgehead atoms. The SMILES string of the molecule is CCc1cccc(C)c1NC(=O)CNCCc1ccc(Cl)cc1. The third-order valence-electron chi connectivity index (χ3n) is 3.79. The van der Waals surface area contributed by atoms with E-state index in [1.54, 1.807) is 0 Å². The number of hydrogen-bond donors (Lipinski definition) is 2. The minimum atomic E-state index is -0.00916. The molecular formula is C19H23ClN2O. The highest BCUT2D eigenvalue weighted by Gasteiger charge is 2.08. The van der Waals surface area contributed by atoms with Crippen LogP contribution in [0.1, 0.15) is 23.6 Å². The summed E-state index contributed by atoms with van der Waals surface area (Å²) in [5, 5.41) is 6.94. The van der Waals surface area contributed by atoms with E-state index >= 15 is 0 Å². The molecule has 0 heterocycles. The van der Waals surface area contributed by atoms with Gasteiger partial charge < -0.3 is 10.6 Å². The van der Waals surface area contributed by atoms with Crippen LogP contribution in [0.25, 0.3) is 0 Å². The maximum atomic E-state index is 12.1. The lowest BCUT2D eigenvalue weighted by molar-refractivity contribution is -0.115. The van der Waals surface area contributed by atoms with Crippen molar-refractivity contribution in [2.75, 3.05) is 18.4 Å². The Hall–Kier alpha value is -1.84. The smallest absolute Gasteiger partial charge is 0.238 e. The first-order valence-corrected chi connectivity index (χ1v) is 8.31. The Morgan fingerprint density at radius 2 is 1.87 bits per heavy atom. The van der Waals surface area contributed by atoms with E-state index in [2.05, 4.69) is 23.6 Å². The summed E-state index contributed by atoms with van der Waals surface area (Å²) in [5.74, 6) is -0.00916. The number of amides is 1. The van der Waals surface area contributed by atoms with Gasteiger partial charge in [-0.1, -0.05) is 48.9 Å². The Kier molecular flexibility index (Phi) is 6.63. The second kappa shape index (κ2) is 8.70. The molecule has 0 atom stereocenters. The lowest BCUT2D eigenvalue weighted by Gasteiger charge is -2.13. The van der Waals surface area contributed by atoms with Crippen molar-refractivity contribution in [3.63, 3.8) is 0 Å². The molecule has 3 nitrogen and oxygen atoms in total. The van der Waals surface area contributed by atoms with E-state index in [0.29, 0.717) is 6.54 Å². The average Bonchev–Trinajstić information content (AvgIpc) is 2.55. The van der Waals surface area contributed by atoms with Crippen molar-refractivity contribution < 1.29 is 4.79 Å². The molecule has 122 valence electrons. The van der Waals surface area contributed by atoms with E-state index < -0.39 is 0 Å². The van der Waals surface area contributed by atoms with Crippen LogP contribution in [0.5, 0.6) is 0 Å². The lowest BCUT2D eigenvalue weighted by Crippen LogP contribution is -2.30. The maximum absolute atomic E-state index is 12.1. The maximum Gasteiger partial charge on any atom is 0.238 e. The minimum Gasteiger partial charge on any atom is -0.324 e. The van der Waals surface area contributed by atoms with Crippen molar-refractivity contribution in [3.8, 4) is 0 Å². The van der Waals surface area contributed by atoms with Gasteiger partial charge in [0, 0.05) is 10.7 Å². The zero-order chi connectivity index (χ0) is 16.7. The zero-order valence-electron chi connectivity index (χ0n) is 13.7. The van der Waals surface area contributed by atoms with E-state index in [9.17, 15) is 4.79 Å². The summed E-state index contributed by atoms with van der Waals surface area (Å²) < 4.78 is 0. The fourth-order valence-electron chi connectivity index (χ4n) is 2.47. The predicted molar refractivity (Wildman–Crippen MR) is 97.2 cm³/mol. The van der Waals surface area contributed by atoms with E-state index in [4.69, 9.17) is 11.6 Å². The first kappa shape index (κ1) is 17.5. The Labute approximate surface area is 143 Å². The Morgan fingerprint density at radius 3 is 2.57 bits per heavy atom. The lowest BCUT2D eigenvalue weighted by atomic mass is 10.1. The third kappa shape index (κ3) is 5.38. The van der Waals surface area contributed by atoms with Gasteiger partial charge in [0.1, 0.15) is 0 Å². The number of para-hydroxylation sites is 1. The largest absolute Gasteiger partial charge is 0.324 e. The number of halogens is 1. The van der Waals surface area contributed by atoms with Gasteiger partial charge >= 0.3 is 0 Å². The van der Waals surface area contributed by atoms with Crippen LogP contribution in [-0.4, -0.2) is 19.0 Å². The van der Waals surface area contributed by atoms with Crippen molar-refractivity contribution in [3.05, 3.63) is 64.2 Å².